The van der Waals surface area contributed by atoms with Gasteiger partial charge in [-0.3, -0.25) is 0 Å². The number of allylic oxidation sites excluding steroid dienone is 2. The van der Waals surface area contributed by atoms with Crippen LogP contribution in [0.25, 0.3) is 0 Å². The maximum absolute atomic E-state index is 8.51. The van der Waals surface area contributed by atoms with Gasteiger partial charge in [0, 0.05) is 12.7 Å². The van der Waals surface area contributed by atoms with Crippen molar-refractivity contribution in [2.24, 2.45) is 17.8 Å². The second-order valence-corrected chi connectivity index (χ2v) is 8.47. The molecule has 2 saturated carbocycles. The normalized spacial score (nSPS) is 30.4. The zero-order valence-electron chi connectivity index (χ0n) is 16.4. The molecular weight excluding hydrogens is 306 g/mol. The van der Waals surface area contributed by atoms with Crippen LogP contribution in [0.3, 0.4) is 0 Å². The van der Waals surface area contributed by atoms with E-state index in [2.05, 4.69) is 13.0 Å². The summed E-state index contributed by atoms with van der Waals surface area (Å²) in [6, 6.07) is 2.07. The van der Waals surface area contributed by atoms with E-state index in [1.165, 1.54) is 83.5 Å². The lowest BCUT2D eigenvalue weighted by atomic mass is 9.80. The van der Waals surface area contributed by atoms with E-state index in [0.717, 1.165) is 30.8 Å². The highest BCUT2D eigenvalue weighted by molar-refractivity contribution is 5.01. The maximum atomic E-state index is 8.51. The van der Waals surface area contributed by atoms with Gasteiger partial charge in [-0.2, -0.15) is 5.26 Å². The van der Waals surface area contributed by atoms with Crippen LogP contribution in [-0.4, -0.2) is 12.7 Å². The highest BCUT2D eigenvalue weighted by Crippen LogP contribution is 2.34. The van der Waals surface area contributed by atoms with Gasteiger partial charge in [0.05, 0.1) is 12.2 Å². The van der Waals surface area contributed by atoms with E-state index >= 15 is 0 Å². The van der Waals surface area contributed by atoms with Crippen LogP contribution < -0.4 is 0 Å². The third-order valence-electron chi connectivity index (χ3n) is 6.48. The van der Waals surface area contributed by atoms with Crippen molar-refractivity contribution in [2.45, 2.75) is 103 Å². The van der Waals surface area contributed by atoms with Crippen molar-refractivity contribution in [1.82, 2.24) is 0 Å². The van der Waals surface area contributed by atoms with Gasteiger partial charge in [-0.1, -0.05) is 51.5 Å². The zero-order chi connectivity index (χ0) is 17.7. The average molecular weight is 346 g/mol. The van der Waals surface area contributed by atoms with Crippen LogP contribution in [0.2, 0.25) is 0 Å². The van der Waals surface area contributed by atoms with Crippen molar-refractivity contribution in [3.8, 4) is 6.07 Å². The second-order valence-electron chi connectivity index (χ2n) is 8.47. The lowest BCUT2D eigenvalue weighted by Crippen LogP contribution is -2.26. The molecular formula is C23H39NO. The van der Waals surface area contributed by atoms with Crippen molar-refractivity contribution in [3.05, 3.63) is 12.2 Å². The summed E-state index contributed by atoms with van der Waals surface area (Å²) in [6.07, 6.45) is 23.0. The first-order valence-electron chi connectivity index (χ1n) is 11.0. The van der Waals surface area contributed by atoms with Crippen LogP contribution in [-0.2, 0) is 4.74 Å². The minimum atomic E-state index is 0.521. The quantitative estimate of drug-likeness (QED) is 0.322. The fourth-order valence-corrected chi connectivity index (χ4v) is 4.70. The molecule has 2 fully saturated rings. The van der Waals surface area contributed by atoms with Gasteiger partial charge in [-0.05, 0) is 69.1 Å². The Balaban J connectivity index is 1.51. The van der Waals surface area contributed by atoms with E-state index in [9.17, 15) is 0 Å². The van der Waals surface area contributed by atoms with Crippen molar-refractivity contribution in [1.29, 1.82) is 5.26 Å². The first-order valence-corrected chi connectivity index (χ1v) is 11.0. The van der Waals surface area contributed by atoms with Crippen molar-refractivity contribution in [3.63, 3.8) is 0 Å². The molecule has 0 bridgehead atoms. The molecule has 0 N–H and O–H groups in total. The van der Waals surface area contributed by atoms with Crippen LogP contribution in [0.15, 0.2) is 12.2 Å². The molecule has 2 aliphatic carbocycles. The summed E-state index contributed by atoms with van der Waals surface area (Å²) < 4.78 is 6.29. The van der Waals surface area contributed by atoms with Gasteiger partial charge < -0.3 is 4.74 Å². The molecule has 2 rings (SSSR count). The summed E-state index contributed by atoms with van der Waals surface area (Å²) in [5, 5.41) is 8.51. The van der Waals surface area contributed by atoms with Gasteiger partial charge >= 0.3 is 0 Å². The SMILES string of the molecule is CCCCCC1CCC(COC2CCC(CCC=CC#N)CC2)CC1. The Morgan fingerprint density at radius 2 is 1.52 bits per heavy atom. The summed E-state index contributed by atoms with van der Waals surface area (Å²) in [7, 11) is 0. The molecule has 0 aromatic rings. The van der Waals surface area contributed by atoms with Gasteiger partial charge in [0.2, 0.25) is 0 Å². The summed E-state index contributed by atoms with van der Waals surface area (Å²) in [5.74, 6) is 2.69. The molecule has 0 spiro atoms. The van der Waals surface area contributed by atoms with Crippen molar-refractivity contribution in [2.75, 3.05) is 6.61 Å². The molecule has 0 amide bonds. The molecule has 142 valence electrons. The number of ether oxygens (including phenoxy) is 1. The average Bonchev–Trinajstić information content (AvgIpc) is 2.66. The molecule has 2 aliphatic rings. The standard InChI is InChI=1S/C23H39NO/c1-2-3-5-8-20-10-12-22(13-11-20)19-25-23-16-14-21(15-17-23)9-6-4-7-18-24/h4,7,20-23H,2-3,5-6,8-17,19H2,1H3. The largest absolute Gasteiger partial charge is 0.378 e. The van der Waals surface area contributed by atoms with E-state index in [4.69, 9.17) is 10.00 Å². The predicted octanol–water partition coefficient (Wildman–Crippen LogP) is 6.81. The number of rotatable bonds is 10. The lowest BCUT2D eigenvalue weighted by molar-refractivity contribution is -0.0102. The Kier molecular flexibility index (Phi) is 10.3. The van der Waals surface area contributed by atoms with Crippen LogP contribution in [0.1, 0.15) is 96.8 Å². The summed E-state index contributed by atoms with van der Waals surface area (Å²) in [5.41, 5.74) is 0. The zero-order valence-corrected chi connectivity index (χ0v) is 16.4. The van der Waals surface area contributed by atoms with E-state index in [1.807, 2.05) is 6.08 Å². The Bertz CT molecular complexity index is 395. The Labute approximate surface area is 156 Å². The summed E-state index contributed by atoms with van der Waals surface area (Å²) in [4.78, 5) is 0. The Morgan fingerprint density at radius 1 is 0.880 bits per heavy atom. The fraction of sp³-hybridized carbons (Fsp3) is 0.870. The van der Waals surface area contributed by atoms with Crippen LogP contribution in [0.5, 0.6) is 0 Å². The van der Waals surface area contributed by atoms with Crippen LogP contribution >= 0.6 is 0 Å². The first kappa shape index (κ1) is 20.5. The molecule has 0 aliphatic heterocycles. The molecule has 0 heterocycles. The summed E-state index contributed by atoms with van der Waals surface area (Å²) >= 11 is 0. The fourth-order valence-electron chi connectivity index (χ4n) is 4.70. The predicted molar refractivity (Wildman–Crippen MR) is 105 cm³/mol. The number of hydrogen-bond acceptors (Lipinski definition) is 2. The highest BCUT2D eigenvalue weighted by atomic mass is 16.5. The highest BCUT2D eigenvalue weighted by Gasteiger charge is 2.24. The van der Waals surface area contributed by atoms with E-state index in [-0.39, 0.29) is 0 Å². The minimum absolute atomic E-state index is 0.521. The number of hydrogen-bond donors (Lipinski definition) is 0. The summed E-state index contributed by atoms with van der Waals surface area (Å²) in [6.45, 7) is 3.31. The topological polar surface area (TPSA) is 33.0 Å². The van der Waals surface area contributed by atoms with Crippen molar-refractivity contribution < 1.29 is 4.74 Å². The minimum Gasteiger partial charge on any atom is -0.378 e. The number of nitriles is 1. The van der Waals surface area contributed by atoms with Crippen LogP contribution in [0, 0.1) is 29.1 Å². The smallest absolute Gasteiger partial charge is 0.0908 e. The maximum Gasteiger partial charge on any atom is 0.0908 e. The molecule has 0 atom stereocenters. The molecule has 2 nitrogen and oxygen atoms in total. The molecule has 0 radical (unpaired) electrons. The van der Waals surface area contributed by atoms with Gasteiger partial charge in [-0.15, -0.1) is 0 Å². The molecule has 0 unspecified atom stereocenters. The van der Waals surface area contributed by atoms with Crippen molar-refractivity contribution >= 4 is 0 Å². The van der Waals surface area contributed by atoms with Gasteiger partial charge in [-0.25, -0.2) is 0 Å². The number of unbranched alkanes of at least 4 members (excludes halogenated alkanes) is 2. The van der Waals surface area contributed by atoms with E-state index in [1.54, 1.807) is 6.08 Å². The third kappa shape index (κ3) is 8.41. The van der Waals surface area contributed by atoms with Gasteiger partial charge in [0.25, 0.3) is 0 Å². The molecule has 0 aromatic heterocycles. The Morgan fingerprint density at radius 3 is 2.20 bits per heavy atom. The monoisotopic (exact) mass is 345 g/mol. The van der Waals surface area contributed by atoms with Gasteiger partial charge in [0.15, 0.2) is 0 Å². The first-order chi connectivity index (χ1) is 12.3. The van der Waals surface area contributed by atoms with E-state index in [0.29, 0.717) is 6.10 Å². The molecule has 25 heavy (non-hydrogen) atoms. The molecule has 0 saturated heterocycles. The Hall–Kier alpha value is -0.810. The second kappa shape index (κ2) is 12.5. The van der Waals surface area contributed by atoms with E-state index < -0.39 is 0 Å². The third-order valence-corrected chi connectivity index (χ3v) is 6.48. The lowest BCUT2D eigenvalue weighted by Gasteiger charge is -2.32. The number of nitrogens with zero attached hydrogens (tertiary/aromatic N) is 1. The van der Waals surface area contributed by atoms with Crippen LogP contribution in [0.4, 0.5) is 0 Å². The molecule has 2 heteroatoms. The molecule has 0 aromatic carbocycles. The van der Waals surface area contributed by atoms with Gasteiger partial charge in [0.1, 0.15) is 0 Å².